The number of hydrogen-bond donors (Lipinski definition) is 0. The van der Waals surface area contributed by atoms with Gasteiger partial charge in [-0.05, 0) is 26.2 Å². The fraction of sp³-hybridized carbons (Fsp3) is 0.917. The Morgan fingerprint density at radius 3 is 2.47 bits per heavy atom. The Kier molecular flexibility index (Phi) is 3.99. The molecule has 0 aromatic carbocycles. The molecule has 0 radical (unpaired) electrons. The fourth-order valence-corrected chi connectivity index (χ4v) is 3.60. The van der Waals surface area contributed by atoms with Gasteiger partial charge in [0.1, 0.15) is 0 Å². The molecule has 2 aliphatic rings. The highest BCUT2D eigenvalue weighted by Crippen LogP contribution is 2.45. The Morgan fingerprint density at radius 1 is 1.35 bits per heavy atom. The summed E-state index contributed by atoms with van der Waals surface area (Å²) >= 11 is 2.39. The number of ether oxygens (including phenoxy) is 3. The van der Waals surface area contributed by atoms with Crippen molar-refractivity contribution >= 4 is 28.6 Å². The lowest BCUT2D eigenvalue weighted by Crippen LogP contribution is -2.28. The predicted octanol–water partition coefficient (Wildman–Crippen LogP) is 2.14. The van der Waals surface area contributed by atoms with E-state index in [9.17, 15) is 4.79 Å². The molecule has 0 bridgehead atoms. The van der Waals surface area contributed by atoms with Gasteiger partial charge < -0.3 is 14.2 Å². The molecular weight excluding hydrogens is 335 g/mol. The first-order valence-electron chi connectivity index (χ1n) is 5.98. The molecule has 0 aromatic heterocycles. The zero-order valence-corrected chi connectivity index (χ0v) is 12.6. The summed E-state index contributed by atoms with van der Waals surface area (Å²) in [6.45, 7) is 5.78. The van der Waals surface area contributed by atoms with E-state index in [1.807, 2.05) is 13.8 Å². The fourth-order valence-electron chi connectivity index (χ4n) is 2.74. The predicted molar refractivity (Wildman–Crippen MR) is 70.9 cm³/mol. The topological polar surface area (TPSA) is 44.8 Å². The van der Waals surface area contributed by atoms with Crippen molar-refractivity contribution in [3.63, 3.8) is 0 Å². The van der Waals surface area contributed by atoms with Crippen molar-refractivity contribution < 1.29 is 19.0 Å². The van der Waals surface area contributed by atoms with Crippen LogP contribution < -0.4 is 0 Å². The Hall–Kier alpha value is 0.120. The van der Waals surface area contributed by atoms with E-state index in [4.69, 9.17) is 14.2 Å². The molecule has 1 heterocycles. The first kappa shape index (κ1) is 13.5. The molecular formula is C12H19IO4. The van der Waals surface area contributed by atoms with Gasteiger partial charge in [-0.1, -0.05) is 22.6 Å². The summed E-state index contributed by atoms with van der Waals surface area (Å²) in [5.41, 5.74) is 0. The molecule has 0 aromatic rings. The van der Waals surface area contributed by atoms with E-state index < -0.39 is 5.79 Å². The molecule has 4 atom stereocenters. The lowest BCUT2D eigenvalue weighted by molar-refractivity contribution is -0.164. The number of alkyl halides is 1. The highest BCUT2D eigenvalue weighted by Gasteiger charge is 2.53. The van der Waals surface area contributed by atoms with Crippen LogP contribution in [0.4, 0.5) is 0 Å². The third-order valence-corrected chi connectivity index (χ3v) is 4.53. The first-order valence-corrected chi connectivity index (χ1v) is 7.50. The molecule has 1 saturated heterocycles. The second-order valence-electron chi connectivity index (χ2n) is 5.28. The molecule has 0 amide bonds. The van der Waals surface area contributed by atoms with Crippen molar-refractivity contribution in [3.05, 3.63) is 0 Å². The summed E-state index contributed by atoms with van der Waals surface area (Å²) in [6, 6.07) is 0. The molecule has 2 rings (SSSR count). The third kappa shape index (κ3) is 2.93. The van der Waals surface area contributed by atoms with Gasteiger partial charge >= 0.3 is 5.97 Å². The minimum atomic E-state index is -0.506. The van der Waals surface area contributed by atoms with E-state index in [-0.39, 0.29) is 24.1 Å². The standard InChI is InChI=1S/C12H19IO4/c1-7(14)15-6-9-4-8(5-13)10-11(9)17-12(2,3)16-10/h8-11H,4-6H2,1-3H3/t8-,9+,10-,11+/m0/s1. The maximum atomic E-state index is 10.9. The van der Waals surface area contributed by atoms with Crippen LogP contribution in [-0.2, 0) is 19.0 Å². The molecule has 0 spiro atoms. The van der Waals surface area contributed by atoms with Crippen LogP contribution in [0, 0.1) is 11.8 Å². The molecule has 1 aliphatic heterocycles. The Morgan fingerprint density at radius 2 is 1.94 bits per heavy atom. The van der Waals surface area contributed by atoms with Gasteiger partial charge in [0.2, 0.25) is 0 Å². The van der Waals surface area contributed by atoms with E-state index in [1.54, 1.807) is 0 Å². The molecule has 5 heteroatoms. The van der Waals surface area contributed by atoms with Gasteiger partial charge in [-0.25, -0.2) is 0 Å². The lowest BCUT2D eigenvalue weighted by atomic mass is 10.1. The van der Waals surface area contributed by atoms with E-state index in [2.05, 4.69) is 22.6 Å². The summed E-state index contributed by atoms with van der Waals surface area (Å²) in [4.78, 5) is 10.9. The van der Waals surface area contributed by atoms with Gasteiger partial charge in [0.15, 0.2) is 5.79 Å². The van der Waals surface area contributed by atoms with E-state index in [1.165, 1.54) is 6.92 Å². The molecule has 0 unspecified atom stereocenters. The number of halogens is 1. The zero-order valence-electron chi connectivity index (χ0n) is 10.4. The first-order chi connectivity index (χ1) is 7.93. The molecule has 1 saturated carbocycles. The monoisotopic (exact) mass is 354 g/mol. The second-order valence-corrected chi connectivity index (χ2v) is 6.16. The quantitative estimate of drug-likeness (QED) is 0.443. The number of esters is 1. The van der Waals surface area contributed by atoms with Crippen LogP contribution in [0.25, 0.3) is 0 Å². The van der Waals surface area contributed by atoms with Crippen LogP contribution in [0.2, 0.25) is 0 Å². The average Bonchev–Trinajstić information content (AvgIpc) is 2.68. The number of rotatable bonds is 3. The van der Waals surface area contributed by atoms with Crippen LogP contribution in [0.3, 0.4) is 0 Å². The van der Waals surface area contributed by atoms with E-state index in [0.29, 0.717) is 12.5 Å². The smallest absolute Gasteiger partial charge is 0.302 e. The zero-order chi connectivity index (χ0) is 12.6. The van der Waals surface area contributed by atoms with Crippen LogP contribution in [0.15, 0.2) is 0 Å². The molecule has 2 fully saturated rings. The molecule has 1 aliphatic carbocycles. The minimum Gasteiger partial charge on any atom is -0.465 e. The Bertz CT molecular complexity index is 305. The minimum absolute atomic E-state index is 0.0733. The second kappa shape index (κ2) is 5.01. The SMILES string of the molecule is CC(=O)OC[C@H]1C[C@@H](CI)[C@@H]2OC(C)(C)O[C@H]12. The number of fused-ring (bicyclic) bond motifs is 1. The van der Waals surface area contributed by atoms with Crippen LogP contribution in [0.5, 0.6) is 0 Å². The van der Waals surface area contributed by atoms with Crippen molar-refractivity contribution in [2.45, 2.75) is 45.2 Å². The van der Waals surface area contributed by atoms with Gasteiger partial charge in [0, 0.05) is 17.3 Å². The summed E-state index contributed by atoms with van der Waals surface area (Å²) in [6.07, 6.45) is 1.24. The summed E-state index contributed by atoms with van der Waals surface area (Å²) < 4.78 is 18.0. The summed E-state index contributed by atoms with van der Waals surface area (Å²) in [5, 5.41) is 0. The molecule has 4 nitrogen and oxygen atoms in total. The van der Waals surface area contributed by atoms with Crippen molar-refractivity contribution in [2.24, 2.45) is 11.8 Å². The largest absolute Gasteiger partial charge is 0.465 e. The Balaban J connectivity index is 2.02. The van der Waals surface area contributed by atoms with E-state index in [0.717, 1.165) is 10.8 Å². The van der Waals surface area contributed by atoms with Crippen molar-refractivity contribution in [2.75, 3.05) is 11.0 Å². The Labute approximate surface area is 116 Å². The maximum Gasteiger partial charge on any atom is 0.302 e. The van der Waals surface area contributed by atoms with Crippen LogP contribution in [-0.4, -0.2) is 35.0 Å². The third-order valence-electron chi connectivity index (χ3n) is 3.40. The lowest BCUT2D eigenvalue weighted by Gasteiger charge is -2.22. The molecule has 0 N–H and O–H groups in total. The van der Waals surface area contributed by atoms with Crippen LogP contribution >= 0.6 is 22.6 Å². The molecule has 17 heavy (non-hydrogen) atoms. The van der Waals surface area contributed by atoms with Gasteiger partial charge in [0.25, 0.3) is 0 Å². The number of carbonyl (C=O) groups excluding carboxylic acids is 1. The van der Waals surface area contributed by atoms with Crippen molar-refractivity contribution in [1.29, 1.82) is 0 Å². The van der Waals surface area contributed by atoms with Gasteiger partial charge in [-0.3, -0.25) is 4.79 Å². The molecule has 98 valence electrons. The van der Waals surface area contributed by atoms with Gasteiger partial charge in [-0.15, -0.1) is 0 Å². The van der Waals surface area contributed by atoms with Crippen molar-refractivity contribution in [3.8, 4) is 0 Å². The normalized spacial score (nSPS) is 39.1. The summed E-state index contributed by atoms with van der Waals surface area (Å²) in [5.74, 6) is 0.0416. The van der Waals surface area contributed by atoms with Crippen LogP contribution in [0.1, 0.15) is 27.2 Å². The highest BCUT2D eigenvalue weighted by molar-refractivity contribution is 14.1. The average molecular weight is 354 g/mol. The van der Waals surface area contributed by atoms with E-state index >= 15 is 0 Å². The van der Waals surface area contributed by atoms with Gasteiger partial charge in [0.05, 0.1) is 18.8 Å². The number of carbonyl (C=O) groups is 1. The highest BCUT2D eigenvalue weighted by atomic mass is 127. The van der Waals surface area contributed by atoms with Crippen molar-refractivity contribution in [1.82, 2.24) is 0 Å². The van der Waals surface area contributed by atoms with Gasteiger partial charge in [-0.2, -0.15) is 0 Å². The summed E-state index contributed by atoms with van der Waals surface area (Å²) in [7, 11) is 0. The maximum absolute atomic E-state index is 10.9. The number of hydrogen-bond acceptors (Lipinski definition) is 4.